The normalized spacial score (nSPS) is 23.4. The third kappa shape index (κ3) is 2.20. The van der Waals surface area contributed by atoms with Gasteiger partial charge in [0, 0.05) is 0 Å². The highest BCUT2D eigenvalue weighted by Gasteiger charge is 2.58. The molecule has 0 saturated heterocycles. The second kappa shape index (κ2) is 4.95. The zero-order chi connectivity index (χ0) is 14.2. The van der Waals surface area contributed by atoms with Crippen LogP contribution in [0.15, 0.2) is 54.6 Å². The van der Waals surface area contributed by atoms with Crippen molar-refractivity contribution in [3.8, 4) is 11.5 Å². The first-order valence-electron chi connectivity index (χ1n) is 7.16. The first-order valence-corrected chi connectivity index (χ1v) is 7.16. The molecule has 0 bridgehead atoms. The first kappa shape index (κ1) is 13.2. The minimum absolute atomic E-state index is 0.269. The van der Waals surface area contributed by atoms with Crippen molar-refractivity contribution >= 4 is 0 Å². The van der Waals surface area contributed by atoms with Crippen LogP contribution in [-0.4, -0.2) is 6.54 Å². The molecule has 20 heavy (non-hydrogen) atoms. The summed E-state index contributed by atoms with van der Waals surface area (Å²) in [5, 5.41) is 0. The van der Waals surface area contributed by atoms with Crippen LogP contribution in [0.5, 0.6) is 11.5 Å². The number of hydrogen-bond acceptors (Lipinski definition) is 2. The molecular weight excluding hydrogens is 246 g/mol. The standard InChI is InChI=1S/C18H21NO/c1-18(2)15(12-19)17(18)14-10-6-7-11-16(14)20-13-8-4-3-5-9-13/h3-11,15,17H,12,19H2,1-2H3/t15-,17-/m1/s1. The van der Waals surface area contributed by atoms with E-state index in [0.29, 0.717) is 11.8 Å². The summed E-state index contributed by atoms with van der Waals surface area (Å²) in [4.78, 5) is 0. The van der Waals surface area contributed by atoms with Crippen LogP contribution >= 0.6 is 0 Å². The van der Waals surface area contributed by atoms with Gasteiger partial charge in [-0.2, -0.15) is 0 Å². The molecule has 0 amide bonds. The summed E-state index contributed by atoms with van der Waals surface area (Å²) in [6.07, 6.45) is 0. The van der Waals surface area contributed by atoms with Crippen molar-refractivity contribution in [1.29, 1.82) is 0 Å². The number of para-hydroxylation sites is 2. The predicted molar refractivity (Wildman–Crippen MR) is 82.0 cm³/mol. The molecule has 0 unspecified atom stereocenters. The third-order valence-corrected chi connectivity index (χ3v) is 4.53. The molecule has 2 aromatic carbocycles. The predicted octanol–water partition coefficient (Wildman–Crippen LogP) is 4.18. The summed E-state index contributed by atoms with van der Waals surface area (Å²) in [5.41, 5.74) is 7.44. The van der Waals surface area contributed by atoms with Gasteiger partial charge in [-0.1, -0.05) is 50.2 Å². The molecule has 1 saturated carbocycles. The quantitative estimate of drug-likeness (QED) is 0.902. The van der Waals surface area contributed by atoms with Gasteiger partial charge in [-0.25, -0.2) is 0 Å². The molecule has 1 fully saturated rings. The fraction of sp³-hybridized carbons (Fsp3) is 0.333. The summed E-state index contributed by atoms with van der Waals surface area (Å²) in [5.74, 6) is 2.87. The molecule has 0 aromatic heterocycles. The fourth-order valence-corrected chi connectivity index (χ4v) is 3.25. The Morgan fingerprint density at radius 3 is 2.30 bits per heavy atom. The Kier molecular flexibility index (Phi) is 3.27. The van der Waals surface area contributed by atoms with Gasteiger partial charge in [0.1, 0.15) is 11.5 Å². The van der Waals surface area contributed by atoms with Crippen molar-refractivity contribution in [3.63, 3.8) is 0 Å². The zero-order valence-corrected chi connectivity index (χ0v) is 12.0. The molecule has 0 spiro atoms. The fourth-order valence-electron chi connectivity index (χ4n) is 3.25. The van der Waals surface area contributed by atoms with Crippen molar-refractivity contribution in [2.24, 2.45) is 17.1 Å². The maximum absolute atomic E-state index is 6.06. The molecule has 2 aromatic rings. The molecule has 0 radical (unpaired) electrons. The molecule has 1 aliphatic carbocycles. The molecule has 2 N–H and O–H groups in total. The van der Waals surface area contributed by atoms with Gasteiger partial charge >= 0.3 is 0 Å². The highest BCUT2D eigenvalue weighted by molar-refractivity contribution is 5.45. The molecule has 3 rings (SSSR count). The van der Waals surface area contributed by atoms with E-state index >= 15 is 0 Å². The maximum Gasteiger partial charge on any atom is 0.130 e. The van der Waals surface area contributed by atoms with Gasteiger partial charge in [-0.3, -0.25) is 0 Å². The lowest BCUT2D eigenvalue weighted by atomic mass is 10.0. The number of ether oxygens (including phenoxy) is 1. The second-order valence-electron chi connectivity index (χ2n) is 6.09. The lowest BCUT2D eigenvalue weighted by molar-refractivity contribution is 0.472. The molecule has 2 atom stereocenters. The van der Waals surface area contributed by atoms with E-state index in [0.717, 1.165) is 18.0 Å². The minimum atomic E-state index is 0.269. The summed E-state index contributed by atoms with van der Waals surface area (Å²) in [7, 11) is 0. The van der Waals surface area contributed by atoms with E-state index in [1.165, 1.54) is 5.56 Å². The van der Waals surface area contributed by atoms with Crippen LogP contribution in [0.2, 0.25) is 0 Å². The Morgan fingerprint density at radius 1 is 1.00 bits per heavy atom. The first-order chi connectivity index (χ1) is 9.64. The van der Waals surface area contributed by atoms with Gasteiger partial charge in [0.25, 0.3) is 0 Å². The van der Waals surface area contributed by atoms with Crippen LogP contribution in [0, 0.1) is 11.3 Å². The molecular formula is C18H21NO. The van der Waals surface area contributed by atoms with E-state index in [2.05, 4.69) is 26.0 Å². The summed E-state index contributed by atoms with van der Waals surface area (Å²) in [6, 6.07) is 18.2. The molecule has 2 nitrogen and oxygen atoms in total. The summed E-state index contributed by atoms with van der Waals surface area (Å²) < 4.78 is 6.06. The Morgan fingerprint density at radius 2 is 1.65 bits per heavy atom. The van der Waals surface area contributed by atoms with Gasteiger partial charge < -0.3 is 10.5 Å². The number of benzene rings is 2. The maximum atomic E-state index is 6.06. The summed E-state index contributed by atoms with van der Waals surface area (Å²) >= 11 is 0. The van der Waals surface area contributed by atoms with Crippen molar-refractivity contribution in [2.75, 3.05) is 6.54 Å². The minimum Gasteiger partial charge on any atom is -0.457 e. The van der Waals surface area contributed by atoms with Gasteiger partial charge in [-0.05, 0) is 47.6 Å². The smallest absolute Gasteiger partial charge is 0.130 e. The number of hydrogen-bond donors (Lipinski definition) is 1. The van der Waals surface area contributed by atoms with Crippen molar-refractivity contribution < 1.29 is 4.74 Å². The van der Waals surface area contributed by atoms with E-state index in [1.54, 1.807) is 0 Å². The van der Waals surface area contributed by atoms with Crippen molar-refractivity contribution in [1.82, 2.24) is 0 Å². The zero-order valence-electron chi connectivity index (χ0n) is 12.0. The highest BCUT2D eigenvalue weighted by Crippen LogP contribution is 2.65. The average Bonchev–Trinajstić information content (AvgIpc) is 3.02. The van der Waals surface area contributed by atoms with Crippen LogP contribution in [0.1, 0.15) is 25.3 Å². The van der Waals surface area contributed by atoms with E-state index < -0.39 is 0 Å². The Hall–Kier alpha value is -1.80. The van der Waals surface area contributed by atoms with E-state index in [9.17, 15) is 0 Å². The van der Waals surface area contributed by atoms with Gasteiger partial charge in [0.2, 0.25) is 0 Å². The van der Waals surface area contributed by atoms with Crippen LogP contribution < -0.4 is 10.5 Å². The number of rotatable bonds is 4. The lowest BCUT2D eigenvalue weighted by Crippen LogP contribution is -2.05. The molecule has 0 heterocycles. The Bertz CT molecular complexity index is 591. The van der Waals surface area contributed by atoms with Crippen molar-refractivity contribution in [3.05, 3.63) is 60.2 Å². The Balaban J connectivity index is 1.90. The topological polar surface area (TPSA) is 35.2 Å². The van der Waals surface area contributed by atoms with Crippen LogP contribution in [-0.2, 0) is 0 Å². The molecule has 0 aliphatic heterocycles. The number of nitrogens with two attached hydrogens (primary N) is 1. The molecule has 104 valence electrons. The van der Waals surface area contributed by atoms with Gasteiger partial charge in [0.15, 0.2) is 0 Å². The van der Waals surface area contributed by atoms with E-state index in [1.807, 2.05) is 42.5 Å². The van der Waals surface area contributed by atoms with Gasteiger partial charge in [-0.15, -0.1) is 0 Å². The van der Waals surface area contributed by atoms with E-state index in [4.69, 9.17) is 10.5 Å². The van der Waals surface area contributed by atoms with Crippen LogP contribution in [0.3, 0.4) is 0 Å². The SMILES string of the molecule is CC1(C)[C@H](CN)[C@H]1c1ccccc1Oc1ccccc1. The Labute approximate surface area is 120 Å². The second-order valence-corrected chi connectivity index (χ2v) is 6.09. The third-order valence-electron chi connectivity index (χ3n) is 4.53. The van der Waals surface area contributed by atoms with Crippen LogP contribution in [0.25, 0.3) is 0 Å². The largest absolute Gasteiger partial charge is 0.457 e. The van der Waals surface area contributed by atoms with Crippen molar-refractivity contribution in [2.45, 2.75) is 19.8 Å². The van der Waals surface area contributed by atoms with E-state index in [-0.39, 0.29) is 5.41 Å². The van der Waals surface area contributed by atoms with Crippen LogP contribution in [0.4, 0.5) is 0 Å². The summed E-state index contributed by atoms with van der Waals surface area (Å²) in [6.45, 7) is 5.31. The molecule has 2 heteroatoms. The van der Waals surface area contributed by atoms with Gasteiger partial charge in [0.05, 0.1) is 0 Å². The monoisotopic (exact) mass is 267 g/mol. The average molecular weight is 267 g/mol. The molecule has 1 aliphatic rings. The lowest BCUT2D eigenvalue weighted by Gasteiger charge is -2.12. The highest BCUT2D eigenvalue weighted by atomic mass is 16.5.